The lowest BCUT2D eigenvalue weighted by molar-refractivity contribution is 0.620. The van der Waals surface area contributed by atoms with Gasteiger partial charge in [-0.15, -0.1) is 0 Å². The van der Waals surface area contributed by atoms with Crippen LogP contribution in [0, 0.1) is 0 Å². The summed E-state index contributed by atoms with van der Waals surface area (Å²) in [4.78, 5) is 4.60. The van der Waals surface area contributed by atoms with Gasteiger partial charge in [0.25, 0.3) is 0 Å². The fourth-order valence-electron chi connectivity index (χ4n) is 3.84. The summed E-state index contributed by atoms with van der Waals surface area (Å²) in [7, 11) is -1.28. The number of nitrogens with zero attached hydrogens (tertiary/aromatic N) is 1. The average molecular weight is 420 g/mol. The summed E-state index contributed by atoms with van der Waals surface area (Å²) in [6.07, 6.45) is 0. The molecule has 0 aliphatic carbocycles. The van der Waals surface area contributed by atoms with Gasteiger partial charge in [0, 0.05) is 5.56 Å². The van der Waals surface area contributed by atoms with E-state index in [1.807, 2.05) is 24.3 Å². The number of hydrogen-bond donors (Lipinski definition) is 0. The molecule has 0 amide bonds. The van der Waals surface area contributed by atoms with Gasteiger partial charge in [-0.25, -0.2) is 4.98 Å². The van der Waals surface area contributed by atoms with E-state index in [0.29, 0.717) is 5.89 Å². The lowest BCUT2D eigenvalue weighted by atomic mass is 9.98. The Kier molecular flexibility index (Phi) is 4.83. The monoisotopic (exact) mass is 419 g/mol. The molecule has 5 rings (SSSR count). The molecule has 31 heavy (non-hydrogen) atoms. The van der Waals surface area contributed by atoms with Crippen LogP contribution in [0.15, 0.2) is 101 Å². The number of fused-ring (bicyclic) bond motifs is 1. The van der Waals surface area contributed by atoms with E-state index in [2.05, 4.69) is 97.4 Å². The molecule has 3 heteroatoms. The third-order valence-electron chi connectivity index (χ3n) is 5.71. The number of rotatable bonds is 4. The van der Waals surface area contributed by atoms with Crippen LogP contribution in [0.5, 0.6) is 0 Å². The highest BCUT2D eigenvalue weighted by Gasteiger charge is 2.16. The van der Waals surface area contributed by atoms with Crippen molar-refractivity contribution >= 4 is 24.4 Å². The fraction of sp³-hybridized carbons (Fsp3) is 0.107. The molecule has 0 fully saturated rings. The van der Waals surface area contributed by atoms with Crippen LogP contribution in [0.3, 0.4) is 0 Å². The fourth-order valence-corrected chi connectivity index (χ4v) is 5.01. The highest BCUT2D eigenvalue weighted by atomic mass is 28.3. The van der Waals surface area contributed by atoms with Crippen LogP contribution in [0.4, 0.5) is 0 Å². The van der Waals surface area contributed by atoms with Gasteiger partial charge in [0.1, 0.15) is 5.52 Å². The highest BCUT2D eigenvalue weighted by Crippen LogP contribution is 2.29. The van der Waals surface area contributed by atoms with E-state index < -0.39 is 8.07 Å². The molecule has 5 aromatic rings. The quantitative estimate of drug-likeness (QED) is 0.284. The lowest BCUT2D eigenvalue weighted by Gasteiger charge is -2.17. The van der Waals surface area contributed by atoms with Gasteiger partial charge in [-0.1, -0.05) is 91.6 Å². The van der Waals surface area contributed by atoms with Gasteiger partial charge in [-0.05, 0) is 52.6 Å². The normalized spacial score (nSPS) is 11.7. The van der Waals surface area contributed by atoms with Crippen LogP contribution >= 0.6 is 0 Å². The van der Waals surface area contributed by atoms with Crippen molar-refractivity contribution in [2.45, 2.75) is 19.6 Å². The van der Waals surface area contributed by atoms with Gasteiger partial charge >= 0.3 is 0 Å². The molecule has 1 heterocycles. The van der Waals surface area contributed by atoms with E-state index in [1.165, 1.54) is 27.4 Å². The van der Waals surface area contributed by atoms with Crippen molar-refractivity contribution in [3.05, 3.63) is 97.1 Å². The predicted molar refractivity (Wildman–Crippen MR) is 133 cm³/mol. The first-order chi connectivity index (χ1) is 15.0. The molecule has 0 unspecified atom stereocenters. The molecule has 0 saturated carbocycles. The maximum Gasteiger partial charge on any atom is 0.227 e. The van der Waals surface area contributed by atoms with E-state index >= 15 is 0 Å². The van der Waals surface area contributed by atoms with Crippen molar-refractivity contribution in [2.75, 3.05) is 0 Å². The summed E-state index contributed by atoms with van der Waals surface area (Å²) in [5.41, 5.74) is 7.56. The van der Waals surface area contributed by atoms with Gasteiger partial charge < -0.3 is 4.42 Å². The number of benzene rings is 4. The molecular formula is C28H25NOSi. The van der Waals surface area contributed by atoms with E-state index in [0.717, 1.165) is 16.7 Å². The molecule has 152 valence electrons. The van der Waals surface area contributed by atoms with Gasteiger partial charge in [-0.3, -0.25) is 0 Å². The van der Waals surface area contributed by atoms with Crippen LogP contribution in [0.25, 0.3) is 44.8 Å². The summed E-state index contributed by atoms with van der Waals surface area (Å²) >= 11 is 0. The van der Waals surface area contributed by atoms with Crippen LogP contribution in [0.1, 0.15) is 0 Å². The molecule has 0 bridgehead atoms. The summed E-state index contributed by atoms with van der Waals surface area (Å²) in [6, 6.07) is 34.1. The number of aromatic nitrogens is 1. The van der Waals surface area contributed by atoms with Crippen LogP contribution in [0.2, 0.25) is 19.6 Å². The summed E-state index contributed by atoms with van der Waals surface area (Å²) < 4.78 is 5.90. The first kappa shape index (κ1) is 19.5. The van der Waals surface area contributed by atoms with Crippen molar-refractivity contribution in [3.8, 4) is 33.7 Å². The van der Waals surface area contributed by atoms with Gasteiger partial charge in [0.05, 0.1) is 8.07 Å². The van der Waals surface area contributed by atoms with Crippen molar-refractivity contribution in [1.29, 1.82) is 0 Å². The van der Waals surface area contributed by atoms with E-state index in [-0.39, 0.29) is 0 Å². The first-order valence-corrected chi connectivity index (χ1v) is 14.1. The van der Waals surface area contributed by atoms with Gasteiger partial charge in [0.2, 0.25) is 5.89 Å². The van der Waals surface area contributed by atoms with E-state index in [4.69, 9.17) is 4.42 Å². The molecule has 0 aliphatic heterocycles. The number of hydrogen-bond acceptors (Lipinski definition) is 2. The van der Waals surface area contributed by atoms with Gasteiger partial charge in [0.15, 0.2) is 5.58 Å². The minimum absolute atomic E-state index is 0.656. The largest absolute Gasteiger partial charge is 0.436 e. The topological polar surface area (TPSA) is 26.0 Å². The zero-order valence-corrected chi connectivity index (χ0v) is 19.1. The van der Waals surface area contributed by atoms with E-state index in [1.54, 1.807) is 0 Å². The standard InChI is InChI=1S/C28H25NOSi/c1-31(2,3)25-17-15-21(16-18-25)24-8-6-7-23(19-24)20-11-13-22(14-12-20)28-29-26-9-4-5-10-27(26)30-28/h4-19H,1-3H3. The Balaban J connectivity index is 1.43. The van der Waals surface area contributed by atoms with Gasteiger partial charge in [-0.2, -0.15) is 0 Å². The molecule has 0 radical (unpaired) electrons. The molecule has 4 aromatic carbocycles. The summed E-state index contributed by atoms with van der Waals surface area (Å²) in [5, 5.41) is 1.49. The Morgan fingerprint density at radius 1 is 0.581 bits per heavy atom. The molecule has 2 nitrogen and oxygen atoms in total. The number of para-hydroxylation sites is 2. The first-order valence-electron chi connectivity index (χ1n) is 10.6. The second-order valence-electron chi connectivity index (χ2n) is 8.97. The van der Waals surface area contributed by atoms with Crippen molar-refractivity contribution in [2.24, 2.45) is 0 Å². The highest BCUT2D eigenvalue weighted by molar-refractivity contribution is 6.88. The Bertz CT molecular complexity index is 1310. The molecule has 0 atom stereocenters. The van der Waals surface area contributed by atoms with Crippen molar-refractivity contribution < 1.29 is 4.42 Å². The minimum atomic E-state index is -1.28. The second-order valence-corrected chi connectivity index (χ2v) is 14.0. The smallest absolute Gasteiger partial charge is 0.227 e. The Labute approximate surface area is 184 Å². The molecule has 1 aromatic heterocycles. The predicted octanol–water partition coefficient (Wildman–Crippen LogP) is 7.37. The van der Waals surface area contributed by atoms with Crippen LogP contribution < -0.4 is 5.19 Å². The molecule has 0 N–H and O–H groups in total. The van der Waals surface area contributed by atoms with Crippen LogP contribution in [-0.4, -0.2) is 13.1 Å². The second kappa shape index (κ2) is 7.68. The molecular weight excluding hydrogens is 394 g/mol. The summed E-state index contributed by atoms with van der Waals surface area (Å²) in [5.74, 6) is 0.656. The Morgan fingerprint density at radius 2 is 1.16 bits per heavy atom. The molecule has 0 aliphatic rings. The maximum atomic E-state index is 5.90. The average Bonchev–Trinajstić information content (AvgIpc) is 3.23. The SMILES string of the molecule is C[Si](C)(C)c1ccc(-c2cccc(-c3ccc(-c4nc5ccccc5o4)cc3)c2)cc1. The third kappa shape index (κ3) is 3.97. The Morgan fingerprint density at radius 3 is 1.77 bits per heavy atom. The molecule has 0 saturated heterocycles. The van der Waals surface area contributed by atoms with Crippen molar-refractivity contribution in [1.82, 2.24) is 4.98 Å². The summed E-state index contributed by atoms with van der Waals surface area (Å²) in [6.45, 7) is 7.15. The van der Waals surface area contributed by atoms with Crippen molar-refractivity contribution in [3.63, 3.8) is 0 Å². The zero-order chi connectivity index (χ0) is 21.4. The molecule has 0 spiro atoms. The maximum absolute atomic E-state index is 5.90. The minimum Gasteiger partial charge on any atom is -0.436 e. The van der Waals surface area contributed by atoms with E-state index in [9.17, 15) is 0 Å². The third-order valence-corrected chi connectivity index (χ3v) is 7.77. The number of oxazole rings is 1. The zero-order valence-electron chi connectivity index (χ0n) is 18.1. The van der Waals surface area contributed by atoms with Crippen LogP contribution in [-0.2, 0) is 0 Å². The lowest BCUT2D eigenvalue weighted by Crippen LogP contribution is -2.37. The Hall–Kier alpha value is -3.43.